The van der Waals surface area contributed by atoms with Crippen molar-refractivity contribution in [3.8, 4) is 0 Å². The van der Waals surface area contributed by atoms with E-state index in [1.165, 1.54) is 12.1 Å². The van der Waals surface area contributed by atoms with Crippen LogP contribution >= 0.6 is 11.6 Å². The summed E-state index contributed by atoms with van der Waals surface area (Å²) in [6.45, 7) is 1.60. The molecule has 0 aromatic heterocycles. The van der Waals surface area contributed by atoms with Crippen LogP contribution in [0.15, 0.2) is 36.4 Å². The SMILES string of the molecule is Cc1cccc(C(=O)OCc2cccc(Cl)c2F)c1N. The van der Waals surface area contributed by atoms with E-state index >= 15 is 0 Å². The van der Waals surface area contributed by atoms with Crippen LogP contribution in [-0.4, -0.2) is 5.97 Å². The fourth-order valence-corrected chi connectivity index (χ4v) is 1.93. The second kappa shape index (κ2) is 5.92. The highest BCUT2D eigenvalue weighted by atomic mass is 35.5. The zero-order valence-corrected chi connectivity index (χ0v) is 11.6. The molecule has 2 N–H and O–H groups in total. The first-order valence-electron chi connectivity index (χ1n) is 5.96. The smallest absolute Gasteiger partial charge is 0.340 e. The number of anilines is 1. The van der Waals surface area contributed by atoms with Gasteiger partial charge in [0.25, 0.3) is 0 Å². The average molecular weight is 294 g/mol. The maximum atomic E-state index is 13.6. The number of carbonyl (C=O) groups is 1. The Morgan fingerprint density at radius 2 is 2.00 bits per heavy atom. The van der Waals surface area contributed by atoms with E-state index in [1.807, 2.05) is 0 Å². The topological polar surface area (TPSA) is 52.3 Å². The largest absolute Gasteiger partial charge is 0.457 e. The molecule has 0 fully saturated rings. The lowest BCUT2D eigenvalue weighted by Gasteiger charge is -2.09. The number of aryl methyl sites for hydroxylation is 1. The fraction of sp³-hybridized carbons (Fsp3) is 0.133. The second-order valence-corrected chi connectivity index (χ2v) is 4.73. The van der Waals surface area contributed by atoms with Crippen LogP contribution in [0.4, 0.5) is 10.1 Å². The van der Waals surface area contributed by atoms with E-state index in [0.717, 1.165) is 5.56 Å². The molecule has 5 heteroatoms. The monoisotopic (exact) mass is 293 g/mol. The van der Waals surface area contributed by atoms with Gasteiger partial charge < -0.3 is 10.5 Å². The van der Waals surface area contributed by atoms with E-state index in [-0.39, 0.29) is 22.8 Å². The summed E-state index contributed by atoms with van der Waals surface area (Å²) < 4.78 is 18.7. The molecule has 0 heterocycles. The minimum absolute atomic E-state index is 0.00591. The van der Waals surface area contributed by atoms with Crippen LogP contribution in [0.25, 0.3) is 0 Å². The molecule has 2 aromatic carbocycles. The van der Waals surface area contributed by atoms with E-state index in [9.17, 15) is 9.18 Å². The van der Waals surface area contributed by atoms with E-state index in [0.29, 0.717) is 5.69 Å². The Bertz CT molecular complexity index is 658. The summed E-state index contributed by atoms with van der Waals surface area (Å²) in [6.07, 6.45) is 0. The normalized spacial score (nSPS) is 10.3. The lowest BCUT2D eigenvalue weighted by Crippen LogP contribution is -2.09. The van der Waals surface area contributed by atoms with Gasteiger partial charge in [0.15, 0.2) is 0 Å². The maximum absolute atomic E-state index is 13.6. The van der Waals surface area contributed by atoms with Crippen LogP contribution in [0, 0.1) is 12.7 Å². The standard InChI is InChI=1S/C15H13ClFNO2/c1-9-4-2-6-11(14(9)18)15(19)20-8-10-5-3-7-12(16)13(10)17/h2-7H,8,18H2,1H3. The first-order valence-corrected chi connectivity index (χ1v) is 6.33. The number of nitrogens with two attached hydrogens (primary N) is 1. The van der Waals surface area contributed by atoms with Crippen molar-refractivity contribution in [2.45, 2.75) is 13.5 Å². The zero-order valence-electron chi connectivity index (χ0n) is 10.8. The number of benzene rings is 2. The maximum Gasteiger partial charge on any atom is 0.340 e. The molecule has 2 aromatic rings. The van der Waals surface area contributed by atoms with Gasteiger partial charge in [-0.1, -0.05) is 35.9 Å². The Balaban J connectivity index is 2.13. The summed E-state index contributed by atoms with van der Waals surface area (Å²) in [7, 11) is 0. The molecular formula is C15H13ClFNO2. The number of hydrogen-bond acceptors (Lipinski definition) is 3. The molecule has 0 saturated heterocycles. The van der Waals surface area contributed by atoms with Gasteiger partial charge >= 0.3 is 5.97 Å². The second-order valence-electron chi connectivity index (χ2n) is 4.33. The van der Waals surface area contributed by atoms with Gasteiger partial charge in [0.05, 0.1) is 10.6 Å². The van der Waals surface area contributed by atoms with Crippen molar-refractivity contribution >= 4 is 23.3 Å². The molecule has 0 radical (unpaired) electrons. The molecule has 0 amide bonds. The molecule has 0 aliphatic rings. The quantitative estimate of drug-likeness (QED) is 0.693. The molecule has 0 saturated carbocycles. The van der Waals surface area contributed by atoms with E-state index < -0.39 is 11.8 Å². The molecule has 0 aliphatic carbocycles. The minimum Gasteiger partial charge on any atom is -0.457 e. The van der Waals surface area contributed by atoms with Crippen molar-refractivity contribution in [3.63, 3.8) is 0 Å². The Labute approximate surface area is 121 Å². The number of para-hydroxylation sites is 1. The van der Waals surface area contributed by atoms with Gasteiger partial charge in [-0.15, -0.1) is 0 Å². The van der Waals surface area contributed by atoms with E-state index in [2.05, 4.69) is 0 Å². The summed E-state index contributed by atoms with van der Waals surface area (Å²) in [6, 6.07) is 9.61. The molecule has 0 aliphatic heterocycles. The Kier molecular flexibility index (Phi) is 4.25. The third-order valence-electron chi connectivity index (χ3n) is 2.93. The summed E-state index contributed by atoms with van der Waals surface area (Å²) in [5.74, 6) is -1.18. The van der Waals surface area contributed by atoms with Gasteiger partial charge in [-0.25, -0.2) is 9.18 Å². The first-order chi connectivity index (χ1) is 9.50. The number of nitrogen functional groups attached to an aromatic ring is 1. The van der Waals surface area contributed by atoms with Crippen molar-refractivity contribution in [1.82, 2.24) is 0 Å². The van der Waals surface area contributed by atoms with Crippen molar-refractivity contribution in [2.75, 3.05) is 5.73 Å². The van der Waals surface area contributed by atoms with Crippen molar-refractivity contribution < 1.29 is 13.9 Å². The van der Waals surface area contributed by atoms with E-state index in [1.54, 1.807) is 31.2 Å². The lowest BCUT2D eigenvalue weighted by atomic mass is 10.1. The minimum atomic E-state index is -0.592. The van der Waals surface area contributed by atoms with Gasteiger partial charge in [0.2, 0.25) is 0 Å². The predicted octanol–water partition coefficient (Wildman–Crippen LogP) is 3.73. The number of hydrogen-bond donors (Lipinski definition) is 1. The van der Waals surface area contributed by atoms with Crippen LogP contribution in [0.1, 0.15) is 21.5 Å². The van der Waals surface area contributed by atoms with Gasteiger partial charge in [0.1, 0.15) is 12.4 Å². The van der Waals surface area contributed by atoms with Crippen LogP contribution in [-0.2, 0) is 11.3 Å². The molecule has 20 heavy (non-hydrogen) atoms. The van der Waals surface area contributed by atoms with Crippen molar-refractivity contribution in [3.05, 3.63) is 63.9 Å². The zero-order chi connectivity index (χ0) is 14.7. The summed E-state index contributed by atoms with van der Waals surface area (Å²) in [4.78, 5) is 11.9. The van der Waals surface area contributed by atoms with Crippen LogP contribution in [0.3, 0.4) is 0 Å². The molecule has 0 spiro atoms. The summed E-state index contributed by atoms with van der Waals surface area (Å²) in [5.41, 5.74) is 7.45. The molecule has 0 bridgehead atoms. The lowest BCUT2D eigenvalue weighted by molar-refractivity contribution is 0.0470. The Hall–Kier alpha value is -2.07. The van der Waals surface area contributed by atoms with Gasteiger partial charge in [-0.05, 0) is 24.6 Å². The van der Waals surface area contributed by atoms with Crippen LogP contribution in [0.2, 0.25) is 5.02 Å². The number of esters is 1. The summed E-state index contributed by atoms with van der Waals surface area (Å²) >= 11 is 5.66. The molecule has 0 unspecified atom stereocenters. The van der Waals surface area contributed by atoms with Crippen molar-refractivity contribution in [1.29, 1.82) is 0 Å². The fourth-order valence-electron chi connectivity index (χ4n) is 1.74. The third kappa shape index (κ3) is 2.91. The molecule has 3 nitrogen and oxygen atoms in total. The van der Waals surface area contributed by atoms with Gasteiger partial charge in [-0.3, -0.25) is 0 Å². The summed E-state index contributed by atoms with van der Waals surface area (Å²) in [5, 5.41) is -0.00591. The average Bonchev–Trinajstić information content (AvgIpc) is 2.43. The molecular weight excluding hydrogens is 281 g/mol. The van der Waals surface area contributed by atoms with Crippen molar-refractivity contribution in [2.24, 2.45) is 0 Å². The highest BCUT2D eigenvalue weighted by Gasteiger charge is 2.14. The Morgan fingerprint density at radius 3 is 2.75 bits per heavy atom. The van der Waals surface area contributed by atoms with Gasteiger partial charge in [-0.2, -0.15) is 0 Å². The highest BCUT2D eigenvalue weighted by Crippen LogP contribution is 2.21. The predicted molar refractivity (Wildman–Crippen MR) is 76.1 cm³/mol. The number of ether oxygens (including phenoxy) is 1. The molecule has 104 valence electrons. The highest BCUT2D eigenvalue weighted by molar-refractivity contribution is 6.30. The number of halogens is 2. The van der Waals surface area contributed by atoms with E-state index in [4.69, 9.17) is 22.1 Å². The molecule has 0 atom stereocenters. The molecule has 2 rings (SSSR count). The first kappa shape index (κ1) is 14.3. The number of rotatable bonds is 3. The van der Waals surface area contributed by atoms with Gasteiger partial charge in [0, 0.05) is 11.3 Å². The Morgan fingerprint density at radius 1 is 1.30 bits per heavy atom. The number of carbonyl (C=O) groups excluding carboxylic acids is 1. The van der Waals surface area contributed by atoms with Crippen LogP contribution < -0.4 is 5.73 Å². The third-order valence-corrected chi connectivity index (χ3v) is 3.23. The van der Waals surface area contributed by atoms with Crippen LogP contribution in [0.5, 0.6) is 0 Å².